The highest BCUT2D eigenvalue weighted by Gasteiger charge is 2.30. The standard InChI is InChI=1S/C22H28N2O5/c1-22(8-4-3-5-9-22)23-20(25)16-14-15-6-7-17(27-2)19-18(15)24(21(16)26)10-11-28-12-13-29-19/h6-7,14H,3-5,8-13H2,1-2H3,(H,23,25). The first-order valence-corrected chi connectivity index (χ1v) is 10.3. The molecule has 0 saturated heterocycles. The third-order valence-electron chi connectivity index (χ3n) is 5.94. The van der Waals surface area contributed by atoms with Crippen molar-refractivity contribution in [3.8, 4) is 11.5 Å². The molecular weight excluding hydrogens is 372 g/mol. The van der Waals surface area contributed by atoms with Gasteiger partial charge >= 0.3 is 0 Å². The molecule has 1 aliphatic heterocycles. The number of hydrogen-bond donors (Lipinski definition) is 1. The van der Waals surface area contributed by atoms with Gasteiger partial charge in [0.1, 0.15) is 12.2 Å². The summed E-state index contributed by atoms with van der Waals surface area (Å²) in [6.07, 6.45) is 5.25. The minimum absolute atomic E-state index is 0.152. The van der Waals surface area contributed by atoms with Crippen LogP contribution in [-0.4, -0.2) is 42.9 Å². The van der Waals surface area contributed by atoms with Crippen molar-refractivity contribution < 1.29 is 19.0 Å². The van der Waals surface area contributed by atoms with Crippen LogP contribution in [0.3, 0.4) is 0 Å². The van der Waals surface area contributed by atoms with E-state index in [1.165, 1.54) is 6.42 Å². The number of ether oxygens (including phenoxy) is 3. The van der Waals surface area contributed by atoms with E-state index in [4.69, 9.17) is 14.2 Å². The molecule has 1 aromatic heterocycles. The maximum absolute atomic E-state index is 13.3. The Balaban J connectivity index is 1.82. The third kappa shape index (κ3) is 3.83. The van der Waals surface area contributed by atoms with Crippen LogP contribution in [0.25, 0.3) is 10.9 Å². The molecule has 7 nitrogen and oxygen atoms in total. The molecule has 1 fully saturated rings. The molecule has 1 aliphatic carbocycles. The third-order valence-corrected chi connectivity index (χ3v) is 5.94. The highest BCUT2D eigenvalue weighted by molar-refractivity contribution is 5.99. The van der Waals surface area contributed by atoms with E-state index in [-0.39, 0.29) is 22.6 Å². The van der Waals surface area contributed by atoms with E-state index in [2.05, 4.69) is 12.2 Å². The lowest BCUT2D eigenvalue weighted by Gasteiger charge is -2.34. The second kappa shape index (κ2) is 8.06. The second-order valence-corrected chi connectivity index (χ2v) is 8.09. The Morgan fingerprint density at radius 2 is 1.97 bits per heavy atom. The largest absolute Gasteiger partial charge is 0.493 e. The van der Waals surface area contributed by atoms with Crippen LogP contribution < -0.4 is 20.3 Å². The molecule has 4 rings (SSSR count). The topological polar surface area (TPSA) is 78.8 Å². The van der Waals surface area contributed by atoms with Gasteiger partial charge < -0.3 is 24.1 Å². The van der Waals surface area contributed by atoms with Gasteiger partial charge in [0, 0.05) is 17.5 Å². The van der Waals surface area contributed by atoms with Gasteiger partial charge in [-0.05, 0) is 38.0 Å². The molecule has 7 heteroatoms. The number of carbonyl (C=O) groups is 1. The number of benzene rings is 1. The van der Waals surface area contributed by atoms with E-state index in [1.54, 1.807) is 23.8 Å². The van der Waals surface area contributed by atoms with Gasteiger partial charge in [-0.2, -0.15) is 0 Å². The Morgan fingerprint density at radius 1 is 1.17 bits per heavy atom. The average Bonchev–Trinajstić information content (AvgIpc) is 2.82. The number of aromatic nitrogens is 1. The highest BCUT2D eigenvalue weighted by Crippen LogP contribution is 2.36. The molecule has 2 aliphatic rings. The molecule has 0 spiro atoms. The first kappa shape index (κ1) is 19.8. The summed E-state index contributed by atoms with van der Waals surface area (Å²) < 4.78 is 18.5. The first-order valence-electron chi connectivity index (χ1n) is 10.3. The molecule has 1 amide bonds. The Labute approximate surface area is 169 Å². The minimum atomic E-state index is -0.335. The number of nitrogens with one attached hydrogen (secondary N) is 1. The highest BCUT2D eigenvalue weighted by atomic mass is 16.5. The molecular formula is C22H28N2O5. The molecule has 156 valence electrons. The lowest BCUT2D eigenvalue weighted by atomic mass is 9.83. The summed E-state index contributed by atoms with van der Waals surface area (Å²) in [5.41, 5.74) is 0.194. The molecule has 0 bridgehead atoms. The number of pyridine rings is 1. The van der Waals surface area contributed by atoms with E-state index in [0.717, 1.165) is 31.1 Å². The maximum Gasteiger partial charge on any atom is 0.264 e. The van der Waals surface area contributed by atoms with Crippen LogP contribution in [0.1, 0.15) is 49.4 Å². The fourth-order valence-corrected chi connectivity index (χ4v) is 4.36. The SMILES string of the molecule is COc1ccc2cc(C(=O)NC3(C)CCCCC3)c(=O)n3c2c1OCCOCC3. The molecule has 1 N–H and O–H groups in total. The maximum atomic E-state index is 13.3. The van der Waals surface area contributed by atoms with Gasteiger partial charge in [0.2, 0.25) is 0 Å². The molecule has 0 unspecified atom stereocenters. The van der Waals surface area contributed by atoms with Crippen LogP contribution >= 0.6 is 0 Å². The van der Waals surface area contributed by atoms with Crippen molar-refractivity contribution in [1.82, 2.24) is 9.88 Å². The van der Waals surface area contributed by atoms with Gasteiger partial charge in [0.15, 0.2) is 11.5 Å². The summed E-state index contributed by atoms with van der Waals surface area (Å²) in [4.78, 5) is 26.4. The summed E-state index contributed by atoms with van der Waals surface area (Å²) in [7, 11) is 1.57. The summed E-state index contributed by atoms with van der Waals surface area (Å²) in [5, 5.41) is 3.89. The van der Waals surface area contributed by atoms with Crippen molar-refractivity contribution in [1.29, 1.82) is 0 Å². The van der Waals surface area contributed by atoms with Crippen LogP contribution in [0.2, 0.25) is 0 Å². The van der Waals surface area contributed by atoms with Crippen molar-refractivity contribution in [2.24, 2.45) is 0 Å². The molecule has 0 atom stereocenters. The number of carbonyl (C=O) groups excluding carboxylic acids is 1. The van der Waals surface area contributed by atoms with Gasteiger partial charge in [-0.1, -0.05) is 19.3 Å². The molecule has 29 heavy (non-hydrogen) atoms. The number of nitrogens with zero attached hydrogens (tertiary/aromatic N) is 1. The summed E-state index contributed by atoms with van der Waals surface area (Å²) in [6.45, 7) is 3.57. The Hall–Kier alpha value is -2.54. The minimum Gasteiger partial charge on any atom is -0.493 e. The second-order valence-electron chi connectivity index (χ2n) is 8.09. The van der Waals surface area contributed by atoms with Gasteiger partial charge in [-0.25, -0.2) is 0 Å². The number of hydrogen-bond acceptors (Lipinski definition) is 5. The first-order chi connectivity index (χ1) is 14.0. The van der Waals surface area contributed by atoms with Crippen LogP contribution in [0.5, 0.6) is 11.5 Å². The van der Waals surface area contributed by atoms with Crippen LogP contribution in [0, 0.1) is 0 Å². The molecule has 1 aromatic carbocycles. The van der Waals surface area contributed by atoms with Crippen LogP contribution in [0.4, 0.5) is 0 Å². The molecule has 0 radical (unpaired) electrons. The summed E-state index contributed by atoms with van der Waals surface area (Å²) in [5.74, 6) is 0.752. The Bertz CT molecular complexity index is 975. The van der Waals surface area contributed by atoms with Crippen molar-refractivity contribution in [2.75, 3.05) is 26.9 Å². The molecule has 2 heterocycles. The number of rotatable bonds is 3. The van der Waals surface area contributed by atoms with Crippen molar-refractivity contribution >= 4 is 16.8 Å². The van der Waals surface area contributed by atoms with E-state index < -0.39 is 0 Å². The quantitative estimate of drug-likeness (QED) is 0.857. The van der Waals surface area contributed by atoms with E-state index in [0.29, 0.717) is 43.4 Å². The van der Waals surface area contributed by atoms with Crippen LogP contribution in [0.15, 0.2) is 23.0 Å². The summed E-state index contributed by atoms with van der Waals surface area (Å²) in [6, 6.07) is 5.32. The predicted molar refractivity (Wildman–Crippen MR) is 110 cm³/mol. The zero-order chi connectivity index (χ0) is 20.4. The zero-order valence-electron chi connectivity index (χ0n) is 17.1. The predicted octanol–water partition coefficient (Wildman–Crippen LogP) is 2.87. The normalized spacial score (nSPS) is 18.8. The van der Waals surface area contributed by atoms with Crippen molar-refractivity contribution in [3.63, 3.8) is 0 Å². The average molecular weight is 400 g/mol. The van der Waals surface area contributed by atoms with Gasteiger partial charge in [0.25, 0.3) is 11.5 Å². The lowest BCUT2D eigenvalue weighted by molar-refractivity contribution is 0.0878. The number of amides is 1. The van der Waals surface area contributed by atoms with Gasteiger partial charge in [-0.15, -0.1) is 0 Å². The fraction of sp³-hybridized carbons (Fsp3) is 0.545. The monoisotopic (exact) mass is 400 g/mol. The Kier molecular flexibility index (Phi) is 5.50. The molecule has 1 saturated carbocycles. The van der Waals surface area contributed by atoms with Gasteiger partial charge in [0.05, 0.1) is 25.8 Å². The number of methoxy groups -OCH3 is 1. The zero-order valence-corrected chi connectivity index (χ0v) is 17.1. The van der Waals surface area contributed by atoms with Crippen LogP contribution in [-0.2, 0) is 11.3 Å². The van der Waals surface area contributed by atoms with E-state index in [1.807, 2.05) is 6.07 Å². The van der Waals surface area contributed by atoms with E-state index in [9.17, 15) is 9.59 Å². The van der Waals surface area contributed by atoms with Gasteiger partial charge in [-0.3, -0.25) is 9.59 Å². The summed E-state index contributed by atoms with van der Waals surface area (Å²) >= 11 is 0. The lowest BCUT2D eigenvalue weighted by Crippen LogP contribution is -2.48. The van der Waals surface area contributed by atoms with Crippen molar-refractivity contribution in [3.05, 3.63) is 34.1 Å². The molecule has 2 aromatic rings. The van der Waals surface area contributed by atoms with E-state index >= 15 is 0 Å². The van der Waals surface area contributed by atoms with Crippen molar-refractivity contribution in [2.45, 2.75) is 51.1 Å². The Morgan fingerprint density at radius 3 is 2.72 bits per heavy atom. The smallest absolute Gasteiger partial charge is 0.264 e. The fourth-order valence-electron chi connectivity index (χ4n) is 4.36.